The van der Waals surface area contributed by atoms with Gasteiger partial charge >= 0.3 is 30.0 Å². The summed E-state index contributed by atoms with van der Waals surface area (Å²) in [5.41, 5.74) is 0.311. The number of hydrogen-bond donors (Lipinski definition) is 1. The smallest absolute Gasteiger partial charge is 0.408 e. The van der Waals surface area contributed by atoms with Gasteiger partial charge in [0.25, 0.3) is 11.8 Å². The third-order valence-electron chi connectivity index (χ3n) is 11.4. The van der Waals surface area contributed by atoms with E-state index in [0.29, 0.717) is 16.0 Å². The SMILES string of the molecule is O=C(N[C@@H](CO[C@@H]1O[C@H](COC(=O)c2ccccc2)[C@@H](OC(=O)c2ccccc2)[C@H](OC(=O)c2ccccc2)[C@H]1N1C(=O)c2c(Cl)c(Cl)c(Cl)c(Cl)c2C1=O)C(=O)OCc1ccccc1)OCc1ccccc1. The summed E-state index contributed by atoms with van der Waals surface area (Å²) in [5, 5.41) is 0.781. The maximum atomic E-state index is 14.9. The van der Waals surface area contributed by atoms with Gasteiger partial charge < -0.3 is 38.5 Å². The standard InChI is InChI=1S/C53H40Cl4N2O14/c54-39-37-38(40(55)42(57)41(39)56)47(61)59(46(37)60)43-45(73-50(64)34-24-14-5-15-25-34)44(72-49(63)33-22-12-4-13-23-33)36(29-68-48(62)32-20-10-3-11-21-32)71-52(43)69-28-35(51(65)67-26-30-16-6-1-7-17-30)58-53(66)70-27-31-18-8-2-9-19-31/h1-25,35-36,43-45,52H,26-29H2,(H,58,66)/t35-,36+,43+,44+,45+,52+/m0/s1. The fourth-order valence-corrected chi connectivity index (χ4v) is 8.81. The molecule has 0 aliphatic carbocycles. The Bertz CT molecular complexity index is 2950. The normalized spacial score (nSPS) is 18.5. The van der Waals surface area contributed by atoms with E-state index in [2.05, 4.69) is 5.32 Å². The molecule has 2 aliphatic rings. The van der Waals surface area contributed by atoms with Crippen LogP contribution in [0, 0.1) is 0 Å². The van der Waals surface area contributed by atoms with Crippen LogP contribution in [0.3, 0.4) is 0 Å². The Morgan fingerprint density at radius 2 is 0.959 bits per heavy atom. The minimum absolute atomic E-state index is 0.0104. The molecule has 6 aromatic rings. The number of benzene rings is 6. The van der Waals surface area contributed by atoms with Crippen molar-refractivity contribution >= 4 is 88.2 Å². The van der Waals surface area contributed by atoms with Gasteiger partial charge in [0.1, 0.15) is 32.0 Å². The lowest BCUT2D eigenvalue weighted by atomic mass is 9.94. The number of hydrogen-bond acceptors (Lipinski definition) is 14. The van der Waals surface area contributed by atoms with Gasteiger partial charge in [-0.05, 0) is 47.5 Å². The van der Waals surface area contributed by atoms with Crippen molar-refractivity contribution in [3.05, 3.63) is 211 Å². The van der Waals surface area contributed by atoms with Crippen molar-refractivity contribution in [1.82, 2.24) is 10.2 Å². The summed E-state index contributed by atoms with van der Waals surface area (Å²) in [6, 6.07) is 36.6. The second kappa shape index (κ2) is 23.9. The van der Waals surface area contributed by atoms with Gasteiger partial charge in [-0.2, -0.15) is 0 Å². The summed E-state index contributed by atoms with van der Waals surface area (Å²) in [7, 11) is 0. The van der Waals surface area contributed by atoms with Crippen molar-refractivity contribution in [2.45, 2.75) is 49.9 Å². The van der Waals surface area contributed by atoms with Crippen LogP contribution in [0.25, 0.3) is 0 Å². The first-order chi connectivity index (χ1) is 35.3. The molecule has 20 heteroatoms. The van der Waals surface area contributed by atoms with Crippen LogP contribution in [0.1, 0.15) is 62.9 Å². The van der Waals surface area contributed by atoms with Crippen molar-refractivity contribution in [1.29, 1.82) is 0 Å². The molecule has 1 saturated heterocycles. The number of esters is 4. The summed E-state index contributed by atoms with van der Waals surface area (Å²) >= 11 is 26.0. The molecule has 2 aliphatic heterocycles. The maximum absolute atomic E-state index is 14.9. The van der Waals surface area contributed by atoms with Crippen LogP contribution >= 0.6 is 46.4 Å². The zero-order chi connectivity index (χ0) is 51.6. The monoisotopic (exact) mass is 1070 g/mol. The number of alkyl carbamates (subject to hydrolysis) is 1. The maximum Gasteiger partial charge on any atom is 0.408 e. The highest BCUT2D eigenvalue weighted by Gasteiger charge is 2.59. The lowest BCUT2D eigenvalue weighted by Crippen LogP contribution is -2.68. The fourth-order valence-electron chi connectivity index (χ4n) is 7.79. The molecule has 374 valence electrons. The molecule has 3 amide bonds. The molecule has 16 nitrogen and oxygen atoms in total. The van der Waals surface area contributed by atoms with Gasteiger partial charge in [-0.1, -0.05) is 162 Å². The van der Waals surface area contributed by atoms with E-state index in [9.17, 15) is 33.6 Å². The quantitative estimate of drug-likeness (QED) is 0.0298. The minimum atomic E-state index is -2.03. The van der Waals surface area contributed by atoms with E-state index in [-0.39, 0.29) is 39.9 Å². The van der Waals surface area contributed by atoms with Gasteiger partial charge in [0.15, 0.2) is 24.5 Å². The molecular formula is C53H40Cl4N2O14. The second-order valence-electron chi connectivity index (χ2n) is 16.1. The van der Waals surface area contributed by atoms with Crippen molar-refractivity contribution < 1.29 is 66.7 Å². The van der Waals surface area contributed by atoms with E-state index in [4.69, 9.17) is 79.6 Å². The molecule has 6 aromatic carbocycles. The molecule has 0 saturated carbocycles. The lowest BCUT2D eigenvalue weighted by Gasteiger charge is -2.47. The summed E-state index contributed by atoms with van der Waals surface area (Å²) in [6.07, 6.45) is -8.61. The third kappa shape index (κ3) is 12.1. The van der Waals surface area contributed by atoms with E-state index >= 15 is 0 Å². The van der Waals surface area contributed by atoms with Crippen molar-refractivity contribution in [3.8, 4) is 0 Å². The molecule has 0 unspecified atom stereocenters. The Balaban J connectivity index is 1.22. The largest absolute Gasteiger partial charge is 0.459 e. The van der Waals surface area contributed by atoms with E-state index < -0.39 is 113 Å². The summed E-state index contributed by atoms with van der Waals surface area (Å²) < 4.78 is 42.0. The number of carbonyl (C=O) groups is 7. The van der Waals surface area contributed by atoms with Gasteiger partial charge in [0.2, 0.25) is 0 Å². The lowest BCUT2D eigenvalue weighted by molar-refractivity contribution is -0.279. The minimum Gasteiger partial charge on any atom is -0.459 e. The molecule has 73 heavy (non-hydrogen) atoms. The van der Waals surface area contributed by atoms with E-state index in [1.165, 1.54) is 36.4 Å². The van der Waals surface area contributed by atoms with Crippen molar-refractivity contribution in [3.63, 3.8) is 0 Å². The summed E-state index contributed by atoms with van der Waals surface area (Å²) in [5.74, 6) is -6.28. The fraction of sp³-hybridized carbons (Fsp3) is 0.189. The molecule has 0 aromatic heterocycles. The number of rotatable bonds is 17. The van der Waals surface area contributed by atoms with Crippen LogP contribution in [0.2, 0.25) is 20.1 Å². The Hall–Kier alpha value is -7.31. The Morgan fingerprint density at radius 1 is 0.534 bits per heavy atom. The van der Waals surface area contributed by atoms with E-state index in [0.717, 1.165) is 0 Å². The average molecular weight is 1070 g/mol. The molecule has 8 rings (SSSR count). The Labute approximate surface area is 436 Å². The Kier molecular flexibility index (Phi) is 17.1. The Morgan fingerprint density at radius 3 is 1.44 bits per heavy atom. The molecule has 2 heterocycles. The first-order valence-corrected chi connectivity index (χ1v) is 23.7. The highest BCUT2D eigenvalue weighted by atomic mass is 35.5. The molecule has 0 radical (unpaired) electrons. The van der Waals surface area contributed by atoms with Crippen LogP contribution in [-0.4, -0.2) is 96.6 Å². The zero-order valence-electron chi connectivity index (χ0n) is 37.9. The number of carbonyl (C=O) groups excluding carboxylic acids is 7. The predicted octanol–water partition coefficient (Wildman–Crippen LogP) is 9.35. The number of halogens is 4. The number of fused-ring (bicyclic) bond motifs is 1. The van der Waals surface area contributed by atoms with Crippen LogP contribution in [0.5, 0.6) is 0 Å². The molecule has 1 fully saturated rings. The first-order valence-electron chi connectivity index (χ1n) is 22.2. The molecule has 6 atom stereocenters. The van der Waals surface area contributed by atoms with Crippen LogP contribution in [-0.2, 0) is 51.2 Å². The topological polar surface area (TPSA) is 199 Å². The number of imide groups is 1. The number of nitrogens with one attached hydrogen (secondary N) is 1. The van der Waals surface area contributed by atoms with E-state index in [1.54, 1.807) is 115 Å². The summed E-state index contributed by atoms with van der Waals surface area (Å²) in [6.45, 7) is -2.05. The highest BCUT2D eigenvalue weighted by molar-refractivity contribution is 6.55. The third-order valence-corrected chi connectivity index (χ3v) is 13.2. The van der Waals surface area contributed by atoms with Crippen LogP contribution in [0.4, 0.5) is 4.79 Å². The highest BCUT2D eigenvalue weighted by Crippen LogP contribution is 2.47. The van der Waals surface area contributed by atoms with Gasteiger partial charge in [-0.25, -0.2) is 24.0 Å². The van der Waals surface area contributed by atoms with Crippen LogP contribution < -0.4 is 5.32 Å². The van der Waals surface area contributed by atoms with Gasteiger partial charge in [-0.15, -0.1) is 0 Å². The second-order valence-corrected chi connectivity index (χ2v) is 17.7. The van der Waals surface area contributed by atoms with Gasteiger partial charge in [0, 0.05) is 0 Å². The van der Waals surface area contributed by atoms with Crippen molar-refractivity contribution in [2.24, 2.45) is 0 Å². The molecule has 0 bridgehead atoms. The number of amides is 3. The van der Waals surface area contributed by atoms with Gasteiger partial charge in [0.05, 0.1) is 54.5 Å². The summed E-state index contributed by atoms with van der Waals surface area (Å²) in [4.78, 5) is 99.7. The van der Waals surface area contributed by atoms with Gasteiger partial charge in [-0.3, -0.25) is 14.5 Å². The molecular weight excluding hydrogens is 1030 g/mol. The zero-order valence-corrected chi connectivity index (χ0v) is 40.9. The van der Waals surface area contributed by atoms with Crippen molar-refractivity contribution in [2.75, 3.05) is 13.2 Å². The van der Waals surface area contributed by atoms with E-state index in [1.807, 2.05) is 0 Å². The number of nitrogens with zero attached hydrogens (tertiary/aromatic N) is 1. The number of ether oxygens (including phenoxy) is 7. The molecule has 0 spiro atoms. The molecule has 1 N–H and O–H groups in total. The average Bonchev–Trinajstić information content (AvgIpc) is 3.69. The first kappa shape index (κ1) is 52.0. The predicted molar refractivity (Wildman–Crippen MR) is 263 cm³/mol. The van der Waals surface area contributed by atoms with Crippen LogP contribution in [0.15, 0.2) is 152 Å².